The van der Waals surface area contributed by atoms with Crippen LogP contribution in [0.15, 0.2) is 24.3 Å². The zero-order valence-corrected chi connectivity index (χ0v) is 15.5. The van der Waals surface area contributed by atoms with Crippen LogP contribution in [-0.4, -0.2) is 5.78 Å². The summed E-state index contributed by atoms with van der Waals surface area (Å²) in [5.74, 6) is 1.72. The van der Waals surface area contributed by atoms with Gasteiger partial charge in [0, 0.05) is 5.56 Å². The Balaban J connectivity index is 3.54. The number of hydrogen-bond donors (Lipinski definition) is 0. The summed E-state index contributed by atoms with van der Waals surface area (Å²) in [6.07, 6.45) is 3.75. The highest BCUT2D eigenvalue weighted by atomic mass is 16.1. The van der Waals surface area contributed by atoms with E-state index >= 15 is 0 Å². The number of rotatable bonds is 6. The molecule has 0 aliphatic rings. The Kier molecular flexibility index (Phi) is 6.59. The van der Waals surface area contributed by atoms with Crippen molar-refractivity contribution in [2.24, 2.45) is 5.92 Å². The van der Waals surface area contributed by atoms with E-state index in [1.165, 1.54) is 16.7 Å². The van der Waals surface area contributed by atoms with E-state index in [2.05, 4.69) is 67.5 Å². The predicted molar refractivity (Wildman–Crippen MR) is 97.0 cm³/mol. The van der Waals surface area contributed by atoms with E-state index in [9.17, 15) is 4.79 Å². The number of benzene rings is 1. The average Bonchev–Trinajstić information content (AvgIpc) is 2.42. The van der Waals surface area contributed by atoms with Crippen LogP contribution in [0, 0.1) is 5.92 Å². The fourth-order valence-electron chi connectivity index (χ4n) is 2.60. The van der Waals surface area contributed by atoms with Crippen LogP contribution >= 0.6 is 0 Å². The van der Waals surface area contributed by atoms with Gasteiger partial charge in [-0.2, -0.15) is 0 Å². The fraction of sp³-hybridized carbons (Fsp3) is 0.571. The minimum atomic E-state index is 0.149. The van der Waals surface area contributed by atoms with Crippen molar-refractivity contribution in [1.82, 2.24) is 0 Å². The molecule has 0 fully saturated rings. The number of carbonyl (C=O) groups is 1. The first-order valence-corrected chi connectivity index (χ1v) is 8.55. The third kappa shape index (κ3) is 4.56. The summed E-state index contributed by atoms with van der Waals surface area (Å²) >= 11 is 0. The fourth-order valence-corrected chi connectivity index (χ4v) is 2.60. The second-order valence-electron chi connectivity index (χ2n) is 7.51. The Bertz CT molecular complexity index is 516. The van der Waals surface area contributed by atoms with Gasteiger partial charge in [0.2, 0.25) is 0 Å². The van der Waals surface area contributed by atoms with Gasteiger partial charge in [0.15, 0.2) is 5.78 Å². The van der Waals surface area contributed by atoms with E-state index in [-0.39, 0.29) is 5.78 Å². The Morgan fingerprint density at radius 2 is 1.27 bits per heavy atom. The van der Waals surface area contributed by atoms with Gasteiger partial charge in [0.1, 0.15) is 0 Å². The Labute approximate surface area is 136 Å². The number of ketones is 1. The molecule has 1 heteroatoms. The van der Waals surface area contributed by atoms with Crippen LogP contribution < -0.4 is 0 Å². The standard InChI is InChI=1S/C21H32O/c1-13(2)9-10-20(22)21-18(15(5)6)11-17(14(3)4)12-19(21)16(7)8/h9-16H,1-8H3/b10-9+. The highest BCUT2D eigenvalue weighted by Gasteiger charge is 2.20. The summed E-state index contributed by atoms with van der Waals surface area (Å²) in [5, 5.41) is 0. The van der Waals surface area contributed by atoms with Crippen molar-refractivity contribution in [2.75, 3.05) is 0 Å². The first kappa shape index (κ1) is 18.7. The summed E-state index contributed by atoms with van der Waals surface area (Å²) in [4.78, 5) is 12.8. The minimum absolute atomic E-state index is 0.149. The normalized spacial score (nSPS) is 12.4. The highest BCUT2D eigenvalue weighted by molar-refractivity contribution is 6.07. The van der Waals surface area contributed by atoms with Gasteiger partial charge >= 0.3 is 0 Å². The summed E-state index contributed by atoms with van der Waals surface area (Å²) in [5.41, 5.74) is 4.63. The lowest BCUT2D eigenvalue weighted by Gasteiger charge is -2.21. The first-order valence-electron chi connectivity index (χ1n) is 8.55. The molecule has 0 heterocycles. The van der Waals surface area contributed by atoms with Gasteiger partial charge in [-0.1, -0.05) is 73.6 Å². The summed E-state index contributed by atoms with van der Waals surface area (Å²) < 4.78 is 0. The molecule has 0 amide bonds. The van der Waals surface area contributed by atoms with E-state index < -0.39 is 0 Å². The maximum absolute atomic E-state index is 12.8. The van der Waals surface area contributed by atoms with Crippen LogP contribution in [0.1, 0.15) is 100 Å². The molecule has 1 aromatic rings. The van der Waals surface area contributed by atoms with Crippen molar-refractivity contribution >= 4 is 5.78 Å². The lowest BCUT2D eigenvalue weighted by Crippen LogP contribution is -2.11. The molecule has 0 aliphatic carbocycles. The van der Waals surface area contributed by atoms with E-state index in [0.29, 0.717) is 23.7 Å². The van der Waals surface area contributed by atoms with Crippen molar-refractivity contribution < 1.29 is 4.79 Å². The predicted octanol–water partition coefficient (Wildman–Crippen LogP) is 6.45. The molecule has 0 saturated carbocycles. The molecule has 0 unspecified atom stereocenters. The second-order valence-corrected chi connectivity index (χ2v) is 7.51. The average molecular weight is 300 g/mol. The third-order valence-electron chi connectivity index (χ3n) is 4.01. The van der Waals surface area contributed by atoms with Crippen molar-refractivity contribution in [3.05, 3.63) is 46.5 Å². The smallest absolute Gasteiger partial charge is 0.186 e. The van der Waals surface area contributed by atoms with E-state index in [4.69, 9.17) is 0 Å². The number of allylic oxidation sites excluding steroid dienone is 2. The lowest BCUT2D eigenvalue weighted by molar-refractivity contribution is 0.104. The molecule has 1 nitrogen and oxygen atoms in total. The second kappa shape index (κ2) is 7.76. The summed E-state index contributed by atoms with van der Waals surface area (Å²) in [6, 6.07) is 4.47. The molecule has 122 valence electrons. The molecular weight excluding hydrogens is 268 g/mol. The molecule has 1 aromatic carbocycles. The quantitative estimate of drug-likeness (QED) is 0.435. The highest BCUT2D eigenvalue weighted by Crippen LogP contribution is 2.32. The molecule has 0 atom stereocenters. The minimum Gasteiger partial charge on any atom is -0.289 e. The molecule has 0 radical (unpaired) electrons. The molecule has 0 aliphatic heterocycles. The number of carbonyl (C=O) groups excluding carboxylic acids is 1. The molecule has 0 saturated heterocycles. The first-order chi connectivity index (χ1) is 10.1. The lowest BCUT2D eigenvalue weighted by atomic mass is 9.83. The monoisotopic (exact) mass is 300 g/mol. The molecule has 1 rings (SSSR count). The van der Waals surface area contributed by atoms with Gasteiger partial charge in [0.25, 0.3) is 0 Å². The van der Waals surface area contributed by atoms with Crippen molar-refractivity contribution in [1.29, 1.82) is 0 Å². The van der Waals surface area contributed by atoms with Crippen LogP contribution in [0.4, 0.5) is 0 Å². The van der Waals surface area contributed by atoms with Crippen LogP contribution in [0.5, 0.6) is 0 Å². The van der Waals surface area contributed by atoms with Gasteiger partial charge in [-0.3, -0.25) is 4.79 Å². The van der Waals surface area contributed by atoms with Crippen LogP contribution in [0.25, 0.3) is 0 Å². The van der Waals surface area contributed by atoms with Crippen molar-refractivity contribution in [3.8, 4) is 0 Å². The van der Waals surface area contributed by atoms with Crippen LogP contribution in [-0.2, 0) is 0 Å². The molecule has 0 spiro atoms. The van der Waals surface area contributed by atoms with Crippen LogP contribution in [0.3, 0.4) is 0 Å². The Hall–Kier alpha value is -1.37. The largest absolute Gasteiger partial charge is 0.289 e. The molecule has 22 heavy (non-hydrogen) atoms. The third-order valence-corrected chi connectivity index (χ3v) is 4.01. The zero-order chi connectivity index (χ0) is 17.0. The Morgan fingerprint density at radius 3 is 1.59 bits per heavy atom. The molecular formula is C21H32O. The van der Waals surface area contributed by atoms with Gasteiger partial charge < -0.3 is 0 Å². The maximum Gasteiger partial charge on any atom is 0.186 e. The molecule has 0 N–H and O–H groups in total. The van der Waals surface area contributed by atoms with Crippen molar-refractivity contribution in [3.63, 3.8) is 0 Å². The summed E-state index contributed by atoms with van der Waals surface area (Å²) in [6.45, 7) is 17.3. The summed E-state index contributed by atoms with van der Waals surface area (Å²) in [7, 11) is 0. The maximum atomic E-state index is 12.8. The Morgan fingerprint density at radius 1 is 0.818 bits per heavy atom. The van der Waals surface area contributed by atoms with Gasteiger partial charge in [-0.05, 0) is 46.4 Å². The number of hydrogen-bond acceptors (Lipinski definition) is 1. The molecule has 0 aromatic heterocycles. The SMILES string of the molecule is CC(C)/C=C/C(=O)c1c(C(C)C)cc(C(C)C)cc1C(C)C. The molecule has 0 bridgehead atoms. The van der Waals surface area contributed by atoms with E-state index in [1.54, 1.807) is 6.08 Å². The van der Waals surface area contributed by atoms with Crippen molar-refractivity contribution in [2.45, 2.75) is 73.1 Å². The topological polar surface area (TPSA) is 17.1 Å². The van der Waals surface area contributed by atoms with E-state index in [0.717, 1.165) is 5.56 Å². The van der Waals surface area contributed by atoms with E-state index in [1.807, 2.05) is 6.08 Å². The zero-order valence-electron chi connectivity index (χ0n) is 15.5. The van der Waals surface area contributed by atoms with Gasteiger partial charge in [-0.25, -0.2) is 0 Å². The van der Waals surface area contributed by atoms with Crippen LogP contribution in [0.2, 0.25) is 0 Å². The van der Waals surface area contributed by atoms with Gasteiger partial charge in [0.05, 0.1) is 0 Å². The van der Waals surface area contributed by atoms with Gasteiger partial charge in [-0.15, -0.1) is 0 Å².